The molecule has 2 aromatic carbocycles. The molecule has 2 amide bonds. The van der Waals surface area contributed by atoms with Crippen LogP contribution in [0.1, 0.15) is 16.7 Å². The molecule has 4 heteroatoms. The van der Waals surface area contributed by atoms with E-state index >= 15 is 0 Å². The van der Waals surface area contributed by atoms with Crippen molar-refractivity contribution in [3.05, 3.63) is 59.2 Å². The second-order valence-corrected chi connectivity index (χ2v) is 5.49. The van der Waals surface area contributed by atoms with Crippen molar-refractivity contribution < 1.29 is 9.53 Å². The Morgan fingerprint density at radius 1 is 1.23 bits per heavy atom. The van der Waals surface area contributed by atoms with Crippen LogP contribution in [-0.2, 0) is 12.8 Å². The summed E-state index contributed by atoms with van der Waals surface area (Å²) in [4.78, 5) is 11.9. The van der Waals surface area contributed by atoms with Gasteiger partial charge in [0, 0.05) is 18.7 Å². The number of nitrogens with one attached hydrogen (secondary N) is 2. The molecule has 1 heterocycles. The van der Waals surface area contributed by atoms with Gasteiger partial charge in [-0.25, -0.2) is 4.79 Å². The number of hydrogen-bond acceptors (Lipinski definition) is 2. The van der Waals surface area contributed by atoms with E-state index in [0.717, 1.165) is 36.4 Å². The number of aryl methyl sites for hydroxylation is 1. The predicted molar refractivity (Wildman–Crippen MR) is 87.5 cm³/mol. The molecule has 0 spiro atoms. The second kappa shape index (κ2) is 6.52. The summed E-state index contributed by atoms with van der Waals surface area (Å²) in [5.74, 6) is 0.994. The molecule has 0 atom stereocenters. The Kier molecular flexibility index (Phi) is 4.28. The summed E-state index contributed by atoms with van der Waals surface area (Å²) in [5, 5.41) is 5.76. The van der Waals surface area contributed by atoms with Crippen molar-refractivity contribution in [1.29, 1.82) is 0 Å². The molecule has 0 unspecified atom stereocenters. The highest BCUT2D eigenvalue weighted by atomic mass is 16.5. The molecule has 0 bridgehead atoms. The van der Waals surface area contributed by atoms with Crippen LogP contribution in [0.5, 0.6) is 5.75 Å². The van der Waals surface area contributed by atoms with Crippen LogP contribution >= 0.6 is 0 Å². The number of amides is 2. The number of carbonyl (C=O) groups excluding carboxylic acids is 1. The average Bonchev–Trinajstić information content (AvgIpc) is 2.97. The molecule has 0 fully saturated rings. The summed E-state index contributed by atoms with van der Waals surface area (Å²) in [6.07, 6.45) is 1.79. The third-order valence-electron chi connectivity index (χ3n) is 3.85. The Bertz CT molecular complexity index is 683. The van der Waals surface area contributed by atoms with Crippen molar-refractivity contribution in [2.45, 2.75) is 19.8 Å². The minimum Gasteiger partial charge on any atom is -0.493 e. The lowest BCUT2D eigenvalue weighted by Crippen LogP contribution is -2.30. The standard InChI is InChI=1S/C18H20N2O2/c1-13-4-2-3-5-16(13)20-18(21)19-10-8-14-6-7-17-15(12-14)9-11-22-17/h2-7,12H,8-11H2,1H3,(H2,19,20,21). The van der Waals surface area contributed by atoms with E-state index in [0.29, 0.717) is 6.54 Å². The van der Waals surface area contributed by atoms with Crippen LogP contribution in [0.4, 0.5) is 10.5 Å². The van der Waals surface area contributed by atoms with Crippen LogP contribution < -0.4 is 15.4 Å². The minimum atomic E-state index is -0.168. The molecule has 4 nitrogen and oxygen atoms in total. The number of urea groups is 1. The molecule has 22 heavy (non-hydrogen) atoms. The lowest BCUT2D eigenvalue weighted by molar-refractivity contribution is 0.252. The molecule has 0 radical (unpaired) electrons. The molecule has 1 aliphatic rings. The Hall–Kier alpha value is -2.49. The van der Waals surface area contributed by atoms with Crippen molar-refractivity contribution in [2.24, 2.45) is 0 Å². The van der Waals surface area contributed by atoms with Gasteiger partial charge in [0.25, 0.3) is 0 Å². The van der Waals surface area contributed by atoms with Gasteiger partial charge in [-0.05, 0) is 42.2 Å². The number of carbonyl (C=O) groups is 1. The lowest BCUT2D eigenvalue weighted by Gasteiger charge is -2.10. The number of anilines is 1. The molecular weight excluding hydrogens is 276 g/mol. The Labute approximate surface area is 130 Å². The summed E-state index contributed by atoms with van der Waals surface area (Å²) < 4.78 is 5.49. The van der Waals surface area contributed by atoms with Gasteiger partial charge in [0.05, 0.1) is 6.61 Å². The number of fused-ring (bicyclic) bond motifs is 1. The van der Waals surface area contributed by atoms with Crippen LogP contribution in [0.3, 0.4) is 0 Å². The molecule has 114 valence electrons. The van der Waals surface area contributed by atoms with Crippen molar-refractivity contribution in [3.8, 4) is 5.75 Å². The largest absolute Gasteiger partial charge is 0.493 e. The Morgan fingerprint density at radius 2 is 2.09 bits per heavy atom. The van der Waals surface area contributed by atoms with Crippen LogP contribution in [0.25, 0.3) is 0 Å². The van der Waals surface area contributed by atoms with Crippen LogP contribution in [0.2, 0.25) is 0 Å². The Balaban J connectivity index is 1.49. The van der Waals surface area contributed by atoms with E-state index < -0.39 is 0 Å². The molecule has 0 aromatic heterocycles. The Morgan fingerprint density at radius 3 is 2.95 bits per heavy atom. The van der Waals surface area contributed by atoms with E-state index in [9.17, 15) is 4.79 Å². The zero-order valence-electron chi connectivity index (χ0n) is 12.7. The highest BCUT2D eigenvalue weighted by molar-refractivity contribution is 5.89. The predicted octanol–water partition coefficient (Wildman–Crippen LogP) is 3.29. The molecular formula is C18H20N2O2. The van der Waals surface area contributed by atoms with E-state index in [2.05, 4.69) is 22.8 Å². The first-order valence-corrected chi connectivity index (χ1v) is 7.57. The van der Waals surface area contributed by atoms with E-state index in [1.165, 1.54) is 11.1 Å². The van der Waals surface area contributed by atoms with Crippen LogP contribution in [0.15, 0.2) is 42.5 Å². The van der Waals surface area contributed by atoms with Gasteiger partial charge in [0.15, 0.2) is 0 Å². The zero-order valence-corrected chi connectivity index (χ0v) is 12.7. The van der Waals surface area contributed by atoms with Gasteiger partial charge in [0.2, 0.25) is 0 Å². The molecule has 0 aliphatic carbocycles. The minimum absolute atomic E-state index is 0.168. The van der Waals surface area contributed by atoms with Gasteiger partial charge in [-0.1, -0.05) is 30.3 Å². The van der Waals surface area contributed by atoms with E-state index in [1.807, 2.05) is 37.3 Å². The van der Waals surface area contributed by atoms with Crippen LogP contribution in [0, 0.1) is 6.92 Å². The number of hydrogen-bond donors (Lipinski definition) is 2. The maximum absolute atomic E-state index is 11.9. The molecule has 0 saturated heterocycles. The molecule has 3 rings (SSSR count). The summed E-state index contributed by atoms with van der Waals surface area (Å²) in [6.45, 7) is 3.36. The summed E-state index contributed by atoms with van der Waals surface area (Å²) >= 11 is 0. The summed E-state index contributed by atoms with van der Waals surface area (Å²) in [6, 6.07) is 13.8. The average molecular weight is 296 g/mol. The maximum Gasteiger partial charge on any atom is 0.319 e. The van der Waals surface area contributed by atoms with Crippen molar-refractivity contribution in [1.82, 2.24) is 5.32 Å². The fourth-order valence-electron chi connectivity index (χ4n) is 2.60. The van der Waals surface area contributed by atoms with Gasteiger partial charge in [-0.3, -0.25) is 0 Å². The smallest absolute Gasteiger partial charge is 0.319 e. The van der Waals surface area contributed by atoms with Crippen molar-refractivity contribution in [3.63, 3.8) is 0 Å². The third kappa shape index (κ3) is 3.39. The monoisotopic (exact) mass is 296 g/mol. The van der Waals surface area contributed by atoms with Gasteiger partial charge in [0.1, 0.15) is 5.75 Å². The molecule has 2 N–H and O–H groups in total. The highest BCUT2D eigenvalue weighted by Crippen LogP contribution is 2.25. The second-order valence-electron chi connectivity index (χ2n) is 5.49. The topological polar surface area (TPSA) is 50.4 Å². The van der Waals surface area contributed by atoms with Gasteiger partial charge in [-0.2, -0.15) is 0 Å². The SMILES string of the molecule is Cc1ccccc1NC(=O)NCCc1ccc2c(c1)CCO2. The van der Waals surface area contributed by atoms with Gasteiger partial charge in [-0.15, -0.1) is 0 Å². The first-order chi connectivity index (χ1) is 10.7. The molecule has 0 saturated carbocycles. The lowest BCUT2D eigenvalue weighted by atomic mass is 10.1. The zero-order chi connectivity index (χ0) is 15.4. The van der Waals surface area contributed by atoms with Crippen LogP contribution in [-0.4, -0.2) is 19.2 Å². The van der Waals surface area contributed by atoms with Crippen molar-refractivity contribution in [2.75, 3.05) is 18.5 Å². The van der Waals surface area contributed by atoms with Gasteiger partial charge < -0.3 is 15.4 Å². The first-order valence-electron chi connectivity index (χ1n) is 7.57. The number of para-hydroxylation sites is 1. The first kappa shape index (κ1) is 14.4. The van der Waals surface area contributed by atoms with E-state index in [1.54, 1.807) is 0 Å². The van der Waals surface area contributed by atoms with Gasteiger partial charge >= 0.3 is 6.03 Å². The molecule has 2 aromatic rings. The van der Waals surface area contributed by atoms with Crippen molar-refractivity contribution >= 4 is 11.7 Å². The summed E-state index contributed by atoms with van der Waals surface area (Å²) in [5.41, 5.74) is 4.38. The van der Waals surface area contributed by atoms with E-state index in [4.69, 9.17) is 4.74 Å². The fraction of sp³-hybridized carbons (Fsp3) is 0.278. The quantitative estimate of drug-likeness (QED) is 0.909. The maximum atomic E-state index is 11.9. The fourth-order valence-corrected chi connectivity index (χ4v) is 2.60. The number of benzene rings is 2. The number of ether oxygens (including phenoxy) is 1. The number of rotatable bonds is 4. The van der Waals surface area contributed by atoms with E-state index in [-0.39, 0.29) is 6.03 Å². The normalized spacial score (nSPS) is 12.4. The summed E-state index contributed by atoms with van der Waals surface area (Å²) in [7, 11) is 0. The third-order valence-corrected chi connectivity index (χ3v) is 3.85. The highest BCUT2D eigenvalue weighted by Gasteiger charge is 2.11. The molecule has 1 aliphatic heterocycles.